The van der Waals surface area contributed by atoms with Crippen molar-refractivity contribution in [3.63, 3.8) is 0 Å². The van der Waals surface area contributed by atoms with Crippen LogP contribution in [0.25, 0.3) is 5.57 Å². The Morgan fingerprint density at radius 1 is 1.25 bits per heavy atom. The molecule has 1 aliphatic heterocycles. The van der Waals surface area contributed by atoms with Crippen molar-refractivity contribution in [2.75, 3.05) is 13.6 Å². The molecule has 16 heavy (non-hydrogen) atoms. The van der Waals surface area contributed by atoms with E-state index in [0.717, 1.165) is 16.7 Å². The number of hydrogen-bond acceptors (Lipinski definition) is 3. The zero-order chi connectivity index (χ0) is 11.5. The first-order chi connectivity index (χ1) is 7.68. The minimum absolute atomic E-state index is 0.0109. The molecule has 1 aliphatic rings. The number of hydrogen-bond donors (Lipinski definition) is 0. The summed E-state index contributed by atoms with van der Waals surface area (Å²) in [6, 6.07) is 9.96. The Labute approximate surface area is 95.1 Å². The fraction of sp³-hybridized carbons (Fsp3) is 0.231. The molecule has 0 saturated carbocycles. The van der Waals surface area contributed by atoms with Gasteiger partial charge in [0.2, 0.25) is 5.78 Å². The monoisotopic (exact) mass is 214 g/mol. The number of allylic oxidation sites excluding steroid dienone is 1. The maximum absolute atomic E-state index is 11.7. The number of carbonyl (C=O) groups is 1. The Morgan fingerprint density at radius 3 is 2.62 bits per heavy atom. The number of rotatable bonds is 1. The molecule has 1 aromatic carbocycles. The van der Waals surface area contributed by atoms with Gasteiger partial charge in [-0.05, 0) is 18.1 Å². The van der Waals surface area contributed by atoms with Crippen molar-refractivity contribution < 1.29 is 4.79 Å². The van der Waals surface area contributed by atoms with Crippen LogP contribution in [0.4, 0.5) is 0 Å². The second-order valence-corrected chi connectivity index (χ2v) is 3.89. The first-order valence-corrected chi connectivity index (χ1v) is 5.23. The first-order valence-electron chi connectivity index (χ1n) is 5.23. The van der Waals surface area contributed by atoms with Crippen molar-refractivity contribution in [2.24, 2.45) is 5.10 Å². The van der Waals surface area contributed by atoms with Crippen LogP contribution in [-0.2, 0) is 4.79 Å². The molecule has 0 saturated heterocycles. The number of likely N-dealkylation sites (N-methyl/N-ethyl adjacent to an activating group) is 1. The van der Waals surface area contributed by atoms with E-state index < -0.39 is 0 Å². The Bertz CT molecular complexity index is 460. The van der Waals surface area contributed by atoms with Crippen molar-refractivity contribution in [1.29, 1.82) is 0 Å². The van der Waals surface area contributed by atoms with E-state index in [2.05, 4.69) is 5.10 Å². The Kier molecular flexibility index (Phi) is 2.86. The highest BCUT2D eigenvalue weighted by molar-refractivity contribution is 6.36. The van der Waals surface area contributed by atoms with Crippen LogP contribution in [0.15, 0.2) is 41.0 Å². The zero-order valence-corrected chi connectivity index (χ0v) is 9.47. The van der Waals surface area contributed by atoms with Crippen molar-refractivity contribution in [3.8, 4) is 0 Å². The highest BCUT2D eigenvalue weighted by atomic mass is 16.1. The number of nitrogens with zero attached hydrogens (tertiary/aromatic N) is 2. The molecular formula is C13H14N2O. The van der Waals surface area contributed by atoms with Gasteiger partial charge in [-0.15, -0.1) is 0 Å². The summed E-state index contributed by atoms with van der Waals surface area (Å²) in [6.45, 7) is 2.52. The predicted octanol–water partition coefficient (Wildman–Crippen LogP) is 1.96. The van der Waals surface area contributed by atoms with Crippen molar-refractivity contribution >= 4 is 17.6 Å². The van der Waals surface area contributed by atoms with Crippen molar-refractivity contribution in [1.82, 2.24) is 5.01 Å². The molecule has 3 heteroatoms. The van der Waals surface area contributed by atoms with Crippen LogP contribution in [0.3, 0.4) is 0 Å². The standard InChI is InChI=1S/C13H14N2O/c1-10-12(11-6-4-3-5-7-11)9-15(2)14-8-13(10)16/h3-8H,9H2,1-2H3. The summed E-state index contributed by atoms with van der Waals surface area (Å²) < 4.78 is 0. The summed E-state index contributed by atoms with van der Waals surface area (Å²) in [5, 5.41) is 5.82. The maximum Gasteiger partial charge on any atom is 0.201 e. The van der Waals surface area contributed by atoms with Crippen LogP contribution in [-0.4, -0.2) is 30.6 Å². The average Bonchev–Trinajstić information content (AvgIpc) is 2.44. The van der Waals surface area contributed by atoms with Gasteiger partial charge < -0.3 is 0 Å². The molecule has 0 spiro atoms. The van der Waals surface area contributed by atoms with E-state index in [1.165, 1.54) is 6.21 Å². The second-order valence-electron chi connectivity index (χ2n) is 3.89. The van der Waals surface area contributed by atoms with E-state index in [-0.39, 0.29) is 5.78 Å². The Balaban J connectivity index is 2.47. The number of ketones is 1. The van der Waals surface area contributed by atoms with E-state index in [1.54, 1.807) is 5.01 Å². The normalized spacial score (nSPS) is 16.6. The predicted molar refractivity (Wildman–Crippen MR) is 65.2 cm³/mol. The topological polar surface area (TPSA) is 32.7 Å². The number of carbonyl (C=O) groups excluding carboxylic acids is 1. The molecule has 0 fully saturated rings. The summed E-state index contributed by atoms with van der Waals surface area (Å²) >= 11 is 0. The number of benzene rings is 1. The minimum atomic E-state index is -0.0109. The van der Waals surface area contributed by atoms with Crippen LogP contribution in [0.2, 0.25) is 0 Å². The molecule has 0 amide bonds. The van der Waals surface area contributed by atoms with Crippen molar-refractivity contribution in [2.45, 2.75) is 6.92 Å². The molecule has 0 unspecified atom stereocenters. The highest BCUT2D eigenvalue weighted by Crippen LogP contribution is 2.21. The molecule has 0 N–H and O–H groups in total. The number of Topliss-reactive ketones (excluding diaryl/α,β-unsaturated/α-hetero) is 1. The highest BCUT2D eigenvalue weighted by Gasteiger charge is 2.15. The molecule has 0 atom stereocenters. The molecule has 2 rings (SSSR count). The van der Waals surface area contributed by atoms with E-state index >= 15 is 0 Å². The Hall–Kier alpha value is -1.90. The van der Waals surface area contributed by atoms with E-state index in [9.17, 15) is 4.79 Å². The van der Waals surface area contributed by atoms with Crippen LogP contribution < -0.4 is 0 Å². The van der Waals surface area contributed by atoms with Crippen LogP contribution in [0, 0.1) is 0 Å². The molecule has 3 nitrogen and oxygen atoms in total. The molecule has 0 aromatic heterocycles. The summed E-state index contributed by atoms with van der Waals surface area (Å²) in [6.07, 6.45) is 1.38. The lowest BCUT2D eigenvalue weighted by Gasteiger charge is -2.14. The smallest absolute Gasteiger partial charge is 0.201 e. The van der Waals surface area contributed by atoms with Gasteiger partial charge in [-0.2, -0.15) is 5.10 Å². The molecule has 1 heterocycles. The van der Waals surface area contributed by atoms with E-state index in [1.807, 2.05) is 44.3 Å². The van der Waals surface area contributed by atoms with Gasteiger partial charge in [0, 0.05) is 12.6 Å². The summed E-state index contributed by atoms with van der Waals surface area (Å²) in [5.41, 5.74) is 2.91. The molecule has 82 valence electrons. The third kappa shape index (κ3) is 2.03. The van der Waals surface area contributed by atoms with Gasteiger partial charge in [0.25, 0.3) is 0 Å². The lowest BCUT2D eigenvalue weighted by Crippen LogP contribution is -2.13. The molecule has 1 aromatic rings. The lowest BCUT2D eigenvalue weighted by molar-refractivity contribution is -0.109. The zero-order valence-electron chi connectivity index (χ0n) is 9.47. The average molecular weight is 214 g/mol. The van der Waals surface area contributed by atoms with E-state index in [0.29, 0.717) is 6.54 Å². The number of hydrazone groups is 1. The van der Waals surface area contributed by atoms with Gasteiger partial charge in [-0.3, -0.25) is 9.80 Å². The summed E-state index contributed by atoms with van der Waals surface area (Å²) in [4.78, 5) is 11.7. The Morgan fingerprint density at radius 2 is 1.94 bits per heavy atom. The van der Waals surface area contributed by atoms with E-state index in [4.69, 9.17) is 0 Å². The van der Waals surface area contributed by atoms with Gasteiger partial charge in [0.1, 0.15) is 0 Å². The molecule has 0 aliphatic carbocycles. The van der Waals surface area contributed by atoms with Crippen LogP contribution >= 0.6 is 0 Å². The molecule has 0 bridgehead atoms. The fourth-order valence-electron chi connectivity index (χ4n) is 1.73. The fourth-order valence-corrected chi connectivity index (χ4v) is 1.73. The third-order valence-electron chi connectivity index (χ3n) is 2.70. The van der Waals surface area contributed by atoms with Gasteiger partial charge >= 0.3 is 0 Å². The quantitative estimate of drug-likeness (QED) is 0.716. The van der Waals surface area contributed by atoms with Gasteiger partial charge in [0.15, 0.2) is 0 Å². The SMILES string of the molecule is CC1=C(c2ccccc2)CN(C)N=CC1=O. The summed E-state index contributed by atoms with van der Waals surface area (Å²) in [5.74, 6) is -0.0109. The maximum atomic E-state index is 11.7. The van der Waals surface area contributed by atoms with Crippen molar-refractivity contribution in [3.05, 3.63) is 41.5 Å². The third-order valence-corrected chi connectivity index (χ3v) is 2.70. The van der Waals surface area contributed by atoms with Crippen LogP contribution in [0.5, 0.6) is 0 Å². The minimum Gasteiger partial charge on any atom is -0.296 e. The van der Waals surface area contributed by atoms with Gasteiger partial charge in [-0.25, -0.2) is 0 Å². The van der Waals surface area contributed by atoms with Gasteiger partial charge in [0.05, 0.1) is 12.8 Å². The lowest BCUT2D eigenvalue weighted by atomic mass is 9.99. The molecular weight excluding hydrogens is 200 g/mol. The first kappa shape index (κ1) is 10.6. The largest absolute Gasteiger partial charge is 0.296 e. The van der Waals surface area contributed by atoms with Gasteiger partial charge in [-0.1, -0.05) is 30.3 Å². The summed E-state index contributed by atoms with van der Waals surface area (Å²) in [7, 11) is 1.87. The molecule has 0 radical (unpaired) electrons. The van der Waals surface area contributed by atoms with Crippen LogP contribution in [0.1, 0.15) is 12.5 Å². The second kappa shape index (κ2) is 4.31.